The lowest BCUT2D eigenvalue weighted by Gasteiger charge is -2.35. The maximum absolute atomic E-state index is 2.77. The van der Waals surface area contributed by atoms with Crippen LogP contribution in [0.3, 0.4) is 0 Å². The number of benzene rings is 2. The average Bonchev–Trinajstić information content (AvgIpc) is 3.02. The van der Waals surface area contributed by atoms with E-state index in [0.717, 1.165) is 12.1 Å². The van der Waals surface area contributed by atoms with E-state index in [1.165, 1.54) is 60.9 Å². The molecule has 0 bridgehead atoms. The quantitative estimate of drug-likeness (QED) is 0.725. The zero-order valence-electron chi connectivity index (χ0n) is 15.3. The van der Waals surface area contributed by atoms with Crippen LogP contribution in [0.2, 0.25) is 0 Å². The lowest BCUT2D eigenvalue weighted by Crippen LogP contribution is -2.41. The van der Waals surface area contributed by atoms with Gasteiger partial charge < -0.3 is 0 Å². The van der Waals surface area contributed by atoms with Gasteiger partial charge in [-0.2, -0.15) is 0 Å². The smallest absolute Gasteiger partial charge is 0.0142 e. The first-order valence-electron chi connectivity index (χ1n) is 9.57. The molecule has 1 nitrogen and oxygen atoms in total. The van der Waals surface area contributed by atoms with Crippen LogP contribution >= 0.6 is 0 Å². The second kappa shape index (κ2) is 6.37. The lowest BCUT2D eigenvalue weighted by molar-refractivity contribution is 0.174. The van der Waals surface area contributed by atoms with E-state index in [1.54, 1.807) is 11.1 Å². The minimum atomic E-state index is 0.765. The molecule has 1 heterocycles. The number of fused-ring (bicyclic) bond motifs is 1. The van der Waals surface area contributed by atoms with Gasteiger partial charge in [-0.15, -0.1) is 0 Å². The molecule has 2 aromatic rings. The van der Waals surface area contributed by atoms with Crippen LogP contribution in [0, 0.1) is 13.8 Å². The molecule has 2 aromatic carbocycles. The summed E-state index contributed by atoms with van der Waals surface area (Å²) >= 11 is 0. The standard InChI is InChI=1S/C23H29N/c1-16-6-7-17(2)23(13-16)21-9-8-20-15-22(11-10-19(20)14-21)24-12-4-5-18(24)3/h6-9,13-14,18,22H,4-5,10-12,15H2,1-3H3. The molecule has 0 spiro atoms. The van der Waals surface area contributed by atoms with Crippen molar-refractivity contribution in [3.05, 3.63) is 58.7 Å². The van der Waals surface area contributed by atoms with Gasteiger partial charge in [0.1, 0.15) is 0 Å². The number of hydrogen-bond donors (Lipinski definition) is 0. The summed E-state index contributed by atoms with van der Waals surface area (Å²) in [6.07, 6.45) is 6.58. The number of hydrogen-bond acceptors (Lipinski definition) is 1. The minimum Gasteiger partial charge on any atom is -0.297 e. The van der Waals surface area contributed by atoms with E-state index in [1.807, 2.05) is 0 Å². The van der Waals surface area contributed by atoms with Crippen molar-refractivity contribution < 1.29 is 0 Å². The summed E-state index contributed by atoms with van der Waals surface area (Å²) in [5, 5.41) is 0. The van der Waals surface area contributed by atoms with Crippen LogP contribution in [0.1, 0.15) is 48.4 Å². The van der Waals surface area contributed by atoms with Crippen LogP contribution in [0.4, 0.5) is 0 Å². The average molecular weight is 319 g/mol. The van der Waals surface area contributed by atoms with Gasteiger partial charge in [-0.3, -0.25) is 4.90 Å². The molecule has 1 aliphatic heterocycles. The van der Waals surface area contributed by atoms with Gasteiger partial charge in [0.05, 0.1) is 0 Å². The zero-order valence-corrected chi connectivity index (χ0v) is 15.3. The van der Waals surface area contributed by atoms with Gasteiger partial charge in [-0.1, -0.05) is 42.0 Å². The number of rotatable bonds is 2. The molecule has 0 N–H and O–H groups in total. The predicted octanol–water partition coefficient (Wildman–Crippen LogP) is 5.31. The van der Waals surface area contributed by atoms with Crippen molar-refractivity contribution in [2.24, 2.45) is 0 Å². The van der Waals surface area contributed by atoms with Crippen LogP contribution < -0.4 is 0 Å². The van der Waals surface area contributed by atoms with E-state index >= 15 is 0 Å². The Bertz CT molecular complexity index is 746. The monoisotopic (exact) mass is 319 g/mol. The van der Waals surface area contributed by atoms with Gasteiger partial charge in [0.15, 0.2) is 0 Å². The summed E-state index contributed by atoms with van der Waals surface area (Å²) < 4.78 is 0. The molecule has 2 aliphatic rings. The highest BCUT2D eigenvalue weighted by Gasteiger charge is 2.30. The number of likely N-dealkylation sites (tertiary alicyclic amines) is 1. The van der Waals surface area contributed by atoms with Crippen molar-refractivity contribution in [2.45, 2.75) is 65.0 Å². The summed E-state index contributed by atoms with van der Waals surface area (Å²) in [5.41, 5.74) is 8.67. The Hall–Kier alpha value is -1.60. The van der Waals surface area contributed by atoms with Gasteiger partial charge in [-0.05, 0) is 87.2 Å². The van der Waals surface area contributed by atoms with Crippen molar-refractivity contribution in [3.63, 3.8) is 0 Å². The molecule has 1 fully saturated rings. The van der Waals surface area contributed by atoms with Crippen molar-refractivity contribution in [3.8, 4) is 11.1 Å². The van der Waals surface area contributed by atoms with Crippen molar-refractivity contribution >= 4 is 0 Å². The Morgan fingerprint density at radius 3 is 2.62 bits per heavy atom. The van der Waals surface area contributed by atoms with Crippen LogP contribution in [0.15, 0.2) is 36.4 Å². The second-order valence-electron chi connectivity index (χ2n) is 7.93. The first-order valence-corrected chi connectivity index (χ1v) is 9.57. The Morgan fingerprint density at radius 1 is 0.958 bits per heavy atom. The van der Waals surface area contributed by atoms with Crippen molar-refractivity contribution in [1.82, 2.24) is 4.90 Å². The van der Waals surface area contributed by atoms with Gasteiger partial charge in [0, 0.05) is 12.1 Å². The molecule has 0 aromatic heterocycles. The first-order chi connectivity index (χ1) is 11.6. The van der Waals surface area contributed by atoms with E-state index < -0.39 is 0 Å². The molecule has 0 radical (unpaired) electrons. The van der Waals surface area contributed by atoms with Crippen LogP contribution in [-0.4, -0.2) is 23.5 Å². The third kappa shape index (κ3) is 2.91. The minimum absolute atomic E-state index is 0.765. The molecule has 2 unspecified atom stereocenters. The van der Waals surface area contributed by atoms with Gasteiger partial charge >= 0.3 is 0 Å². The van der Waals surface area contributed by atoms with E-state index in [0.29, 0.717) is 0 Å². The van der Waals surface area contributed by atoms with E-state index in [2.05, 4.69) is 62.1 Å². The Balaban J connectivity index is 1.60. The second-order valence-corrected chi connectivity index (χ2v) is 7.93. The summed E-state index contributed by atoms with van der Waals surface area (Å²) in [5.74, 6) is 0. The third-order valence-corrected chi connectivity index (χ3v) is 6.19. The first kappa shape index (κ1) is 15.9. The van der Waals surface area contributed by atoms with Crippen LogP contribution in [0.25, 0.3) is 11.1 Å². The molecular weight excluding hydrogens is 290 g/mol. The molecule has 1 heteroatoms. The molecule has 4 rings (SSSR count). The summed E-state index contributed by atoms with van der Waals surface area (Å²) in [4.78, 5) is 2.77. The molecular formula is C23H29N. The summed E-state index contributed by atoms with van der Waals surface area (Å²) in [7, 11) is 0. The Kier molecular flexibility index (Phi) is 4.22. The van der Waals surface area contributed by atoms with Crippen molar-refractivity contribution in [2.75, 3.05) is 6.54 Å². The highest BCUT2D eigenvalue weighted by atomic mass is 15.2. The zero-order chi connectivity index (χ0) is 16.7. The van der Waals surface area contributed by atoms with Gasteiger partial charge in [0.2, 0.25) is 0 Å². The topological polar surface area (TPSA) is 3.24 Å². The van der Waals surface area contributed by atoms with Crippen LogP contribution in [0.5, 0.6) is 0 Å². The van der Waals surface area contributed by atoms with Gasteiger partial charge in [-0.25, -0.2) is 0 Å². The Morgan fingerprint density at radius 2 is 1.83 bits per heavy atom. The SMILES string of the molecule is Cc1ccc(C)c(-c2ccc3c(c2)CCC(N2CCCC2C)C3)c1. The fraction of sp³-hybridized carbons (Fsp3) is 0.478. The van der Waals surface area contributed by atoms with Gasteiger partial charge in [0.25, 0.3) is 0 Å². The fourth-order valence-electron chi connectivity index (χ4n) is 4.73. The molecule has 126 valence electrons. The highest BCUT2D eigenvalue weighted by molar-refractivity contribution is 5.69. The van der Waals surface area contributed by atoms with E-state index in [9.17, 15) is 0 Å². The third-order valence-electron chi connectivity index (χ3n) is 6.19. The maximum atomic E-state index is 2.77. The number of nitrogens with zero attached hydrogens (tertiary/aromatic N) is 1. The molecule has 1 aliphatic carbocycles. The summed E-state index contributed by atoms with van der Waals surface area (Å²) in [6.45, 7) is 8.12. The highest BCUT2D eigenvalue weighted by Crippen LogP contribution is 2.33. The molecule has 1 saturated heterocycles. The largest absolute Gasteiger partial charge is 0.297 e. The fourth-order valence-corrected chi connectivity index (χ4v) is 4.73. The summed E-state index contributed by atoms with van der Waals surface area (Å²) in [6, 6.07) is 15.5. The van der Waals surface area contributed by atoms with Crippen LogP contribution in [-0.2, 0) is 12.8 Å². The Labute approximate surface area is 146 Å². The predicted molar refractivity (Wildman–Crippen MR) is 103 cm³/mol. The molecule has 0 saturated carbocycles. The van der Waals surface area contributed by atoms with E-state index in [4.69, 9.17) is 0 Å². The molecule has 0 amide bonds. The molecule has 24 heavy (non-hydrogen) atoms. The van der Waals surface area contributed by atoms with E-state index in [-0.39, 0.29) is 0 Å². The normalized spacial score (nSPS) is 24.1. The van der Waals surface area contributed by atoms with Crippen molar-refractivity contribution in [1.29, 1.82) is 0 Å². The number of aryl methyl sites for hydroxylation is 3. The lowest BCUT2D eigenvalue weighted by atomic mass is 9.85. The molecule has 2 atom stereocenters. The maximum Gasteiger partial charge on any atom is 0.0142 e.